The van der Waals surface area contributed by atoms with Gasteiger partial charge in [-0.3, -0.25) is 14.4 Å². The fourth-order valence-electron chi connectivity index (χ4n) is 2.94. The van der Waals surface area contributed by atoms with Crippen molar-refractivity contribution in [3.05, 3.63) is 42.0 Å². The van der Waals surface area contributed by atoms with Crippen LogP contribution in [0.1, 0.15) is 94.8 Å². The van der Waals surface area contributed by atoms with E-state index in [4.69, 9.17) is 9.47 Å². The highest BCUT2D eigenvalue weighted by molar-refractivity contribution is 5.94. The van der Waals surface area contributed by atoms with Gasteiger partial charge in [-0.15, -0.1) is 0 Å². The second kappa shape index (κ2) is 16.4. The van der Waals surface area contributed by atoms with Crippen LogP contribution < -0.4 is 4.74 Å². The second-order valence-electron chi connectivity index (χ2n) is 7.47. The minimum atomic E-state index is -0.409. The van der Waals surface area contributed by atoms with Gasteiger partial charge >= 0.3 is 11.9 Å². The van der Waals surface area contributed by atoms with Crippen LogP contribution >= 0.6 is 0 Å². The minimum absolute atomic E-state index is 0.0426. The van der Waals surface area contributed by atoms with E-state index in [1.54, 1.807) is 24.3 Å². The lowest BCUT2D eigenvalue weighted by molar-refractivity contribution is -0.142. The van der Waals surface area contributed by atoms with E-state index in [1.807, 2.05) is 6.08 Å². The van der Waals surface area contributed by atoms with E-state index in [0.717, 1.165) is 6.42 Å². The molecule has 0 fully saturated rings. The van der Waals surface area contributed by atoms with Gasteiger partial charge in [0.2, 0.25) is 0 Å². The first-order valence-electron chi connectivity index (χ1n) is 11.1. The lowest BCUT2D eigenvalue weighted by Crippen LogP contribution is -2.10. The number of allylic oxidation sites excluding steroid dienone is 1. The smallest absolute Gasteiger partial charge is 0.311 e. The zero-order chi connectivity index (χ0) is 22.0. The highest BCUT2D eigenvalue weighted by Gasteiger charge is 2.08. The van der Waals surface area contributed by atoms with E-state index in [0.29, 0.717) is 17.7 Å². The molecule has 0 amide bonds. The van der Waals surface area contributed by atoms with Gasteiger partial charge in [-0.1, -0.05) is 57.6 Å². The summed E-state index contributed by atoms with van der Waals surface area (Å²) in [5.74, 6) is -0.375. The molecule has 0 aliphatic rings. The van der Waals surface area contributed by atoms with Crippen LogP contribution in [0.3, 0.4) is 0 Å². The number of unbranched alkanes of at least 4 members (excludes halogenated alkanes) is 7. The Hall–Kier alpha value is -2.43. The molecule has 0 unspecified atom stereocenters. The lowest BCUT2D eigenvalue weighted by Gasteiger charge is -2.05. The molecule has 166 valence electrons. The average molecular weight is 417 g/mol. The standard InChI is InChI=1S/C25H36O5/c1-3-4-5-6-7-8-9-10-11-12-20-29-24(27)14-13-15-25(28)30-23-18-16-22(17-19-23)21(2)26/h11-12,16-19H,3-10,13-15,20H2,1-2H3/b12-11+. The van der Waals surface area contributed by atoms with Crippen LogP contribution in [-0.4, -0.2) is 24.3 Å². The summed E-state index contributed by atoms with van der Waals surface area (Å²) in [5.41, 5.74) is 0.564. The largest absolute Gasteiger partial charge is 0.461 e. The molecule has 1 aromatic rings. The maximum absolute atomic E-state index is 11.8. The molecule has 0 saturated heterocycles. The number of ether oxygens (including phenoxy) is 2. The highest BCUT2D eigenvalue weighted by Crippen LogP contribution is 2.14. The fourth-order valence-corrected chi connectivity index (χ4v) is 2.94. The van der Waals surface area contributed by atoms with Crippen LogP contribution in [-0.2, 0) is 14.3 Å². The summed E-state index contributed by atoms with van der Waals surface area (Å²) in [7, 11) is 0. The molecule has 5 nitrogen and oxygen atoms in total. The molecule has 0 spiro atoms. The van der Waals surface area contributed by atoms with E-state index in [9.17, 15) is 14.4 Å². The summed E-state index contributed by atoms with van der Waals surface area (Å²) >= 11 is 0. The topological polar surface area (TPSA) is 69.7 Å². The molecule has 0 bridgehead atoms. The van der Waals surface area contributed by atoms with Gasteiger partial charge in [0.05, 0.1) is 0 Å². The van der Waals surface area contributed by atoms with Gasteiger partial charge in [0.1, 0.15) is 12.4 Å². The molecule has 0 heterocycles. The SMILES string of the molecule is CCCCCCCCC/C=C/COC(=O)CCCC(=O)Oc1ccc(C(C)=O)cc1. The van der Waals surface area contributed by atoms with Crippen LogP contribution in [0.15, 0.2) is 36.4 Å². The first-order chi connectivity index (χ1) is 14.5. The van der Waals surface area contributed by atoms with Gasteiger partial charge in [-0.25, -0.2) is 0 Å². The first-order valence-corrected chi connectivity index (χ1v) is 11.1. The summed E-state index contributed by atoms with van der Waals surface area (Å²) in [6.07, 6.45) is 14.7. The van der Waals surface area contributed by atoms with Crippen molar-refractivity contribution < 1.29 is 23.9 Å². The van der Waals surface area contributed by atoms with E-state index in [2.05, 4.69) is 13.0 Å². The normalized spacial score (nSPS) is 10.9. The monoisotopic (exact) mass is 416 g/mol. The maximum Gasteiger partial charge on any atom is 0.311 e. The van der Waals surface area contributed by atoms with Gasteiger partial charge < -0.3 is 9.47 Å². The summed E-state index contributed by atoms with van der Waals surface area (Å²) < 4.78 is 10.3. The van der Waals surface area contributed by atoms with E-state index < -0.39 is 5.97 Å². The second-order valence-corrected chi connectivity index (χ2v) is 7.47. The Morgan fingerprint density at radius 2 is 1.43 bits per heavy atom. The summed E-state index contributed by atoms with van der Waals surface area (Å²) in [5, 5.41) is 0. The molecule has 0 aromatic heterocycles. The third-order valence-electron chi connectivity index (χ3n) is 4.74. The molecule has 1 aromatic carbocycles. The Balaban J connectivity index is 2.03. The molecular formula is C25H36O5. The third-order valence-corrected chi connectivity index (χ3v) is 4.74. The van der Waals surface area contributed by atoms with Crippen LogP contribution in [0, 0.1) is 0 Å². The molecule has 0 aliphatic heterocycles. The Kier molecular flexibility index (Phi) is 14.0. The van der Waals surface area contributed by atoms with Crippen molar-refractivity contribution >= 4 is 17.7 Å². The van der Waals surface area contributed by atoms with E-state index >= 15 is 0 Å². The number of carbonyl (C=O) groups excluding carboxylic acids is 3. The Labute approximate surface area is 180 Å². The average Bonchev–Trinajstić information content (AvgIpc) is 2.72. The molecule has 0 radical (unpaired) electrons. The predicted molar refractivity (Wildman–Crippen MR) is 119 cm³/mol. The number of hydrogen-bond donors (Lipinski definition) is 0. The van der Waals surface area contributed by atoms with Crippen molar-refractivity contribution in [3.63, 3.8) is 0 Å². The van der Waals surface area contributed by atoms with Crippen molar-refractivity contribution in [2.45, 2.75) is 84.5 Å². The van der Waals surface area contributed by atoms with Gasteiger partial charge in [-0.2, -0.15) is 0 Å². The van der Waals surface area contributed by atoms with Crippen molar-refractivity contribution in [1.29, 1.82) is 0 Å². The van der Waals surface area contributed by atoms with Gasteiger partial charge in [0.15, 0.2) is 5.78 Å². The van der Waals surface area contributed by atoms with Crippen LogP contribution in [0.5, 0.6) is 5.75 Å². The Morgan fingerprint density at radius 1 is 0.800 bits per heavy atom. The number of esters is 2. The van der Waals surface area contributed by atoms with Crippen LogP contribution in [0.4, 0.5) is 0 Å². The van der Waals surface area contributed by atoms with E-state index in [1.165, 1.54) is 51.9 Å². The Bertz CT molecular complexity index is 661. The molecule has 0 saturated carbocycles. The molecule has 1 rings (SSSR count). The molecule has 0 aliphatic carbocycles. The summed E-state index contributed by atoms with van der Waals surface area (Å²) in [6.45, 7) is 3.99. The van der Waals surface area contributed by atoms with E-state index in [-0.39, 0.29) is 31.2 Å². The Morgan fingerprint density at radius 3 is 2.10 bits per heavy atom. The lowest BCUT2D eigenvalue weighted by atomic mass is 10.1. The number of benzene rings is 1. The minimum Gasteiger partial charge on any atom is -0.461 e. The molecule has 0 atom stereocenters. The number of carbonyl (C=O) groups is 3. The fraction of sp³-hybridized carbons (Fsp3) is 0.560. The van der Waals surface area contributed by atoms with Crippen LogP contribution in [0.2, 0.25) is 0 Å². The van der Waals surface area contributed by atoms with Crippen molar-refractivity contribution in [2.24, 2.45) is 0 Å². The number of Topliss-reactive ketones (excluding diaryl/α,β-unsaturated/α-hetero) is 1. The third kappa shape index (κ3) is 12.9. The van der Waals surface area contributed by atoms with Crippen molar-refractivity contribution in [1.82, 2.24) is 0 Å². The molecular weight excluding hydrogens is 380 g/mol. The van der Waals surface area contributed by atoms with Crippen molar-refractivity contribution in [2.75, 3.05) is 6.61 Å². The number of rotatable bonds is 16. The first kappa shape index (κ1) is 25.6. The van der Waals surface area contributed by atoms with Crippen LogP contribution in [0.25, 0.3) is 0 Å². The maximum atomic E-state index is 11.8. The van der Waals surface area contributed by atoms with Gasteiger partial charge in [-0.05, 0) is 50.5 Å². The molecule has 5 heteroatoms. The summed E-state index contributed by atoms with van der Waals surface area (Å²) in [4.78, 5) is 34.7. The quantitative estimate of drug-likeness (QED) is 0.105. The van der Waals surface area contributed by atoms with Gasteiger partial charge in [0, 0.05) is 18.4 Å². The number of hydrogen-bond acceptors (Lipinski definition) is 5. The zero-order valence-corrected chi connectivity index (χ0v) is 18.5. The zero-order valence-electron chi connectivity index (χ0n) is 18.5. The summed E-state index contributed by atoms with van der Waals surface area (Å²) in [6, 6.07) is 6.40. The highest BCUT2D eigenvalue weighted by atomic mass is 16.5. The van der Waals surface area contributed by atoms with Gasteiger partial charge in [0.25, 0.3) is 0 Å². The molecule has 30 heavy (non-hydrogen) atoms. The number of ketones is 1. The molecule has 0 N–H and O–H groups in total. The predicted octanol–water partition coefficient (Wildman–Crippen LogP) is 6.21. The van der Waals surface area contributed by atoms with Crippen molar-refractivity contribution in [3.8, 4) is 5.75 Å².